The number of hydrogen-bond acceptors (Lipinski definition) is 3. The number of halogens is 2. The van der Waals surface area contributed by atoms with Gasteiger partial charge in [0.15, 0.2) is 6.04 Å². The SMILES string of the molecule is COc1cccc(NC(C(=O)O)c2ccc(Br)c(Br)c2)c1. The summed E-state index contributed by atoms with van der Waals surface area (Å²) in [6, 6.07) is 11.7. The quantitative estimate of drug-likeness (QED) is 0.758. The van der Waals surface area contributed by atoms with Gasteiger partial charge in [-0.2, -0.15) is 0 Å². The highest BCUT2D eigenvalue weighted by atomic mass is 79.9. The normalized spacial score (nSPS) is 11.8. The lowest BCUT2D eigenvalue weighted by Crippen LogP contribution is -2.20. The average Bonchev–Trinajstić information content (AvgIpc) is 2.47. The molecule has 0 amide bonds. The van der Waals surface area contributed by atoms with Crippen LogP contribution in [0.1, 0.15) is 11.6 Å². The van der Waals surface area contributed by atoms with Crippen molar-refractivity contribution in [3.05, 3.63) is 57.0 Å². The van der Waals surface area contributed by atoms with Crippen LogP contribution < -0.4 is 10.1 Å². The highest BCUT2D eigenvalue weighted by molar-refractivity contribution is 9.13. The summed E-state index contributed by atoms with van der Waals surface area (Å²) in [5.74, 6) is -0.284. The Kier molecular flexibility index (Phi) is 5.25. The smallest absolute Gasteiger partial charge is 0.330 e. The molecule has 1 atom stereocenters. The number of rotatable bonds is 5. The molecule has 0 heterocycles. The van der Waals surface area contributed by atoms with E-state index in [0.717, 1.165) is 8.95 Å². The van der Waals surface area contributed by atoms with E-state index in [1.807, 2.05) is 6.07 Å². The molecule has 2 aromatic carbocycles. The van der Waals surface area contributed by atoms with Crippen molar-refractivity contribution in [2.45, 2.75) is 6.04 Å². The highest BCUT2D eigenvalue weighted by Gasteiger charge is 2.20. The summed E-state index contributed by atoms with van der Waals surface area (Å²) in [5, 5.41) is 12.5. The molecule has 0 radical (unpaired) electrons. The summed E-state index contributed by atoms with van der Waals surface area (Å²) in [4.78, 5) is 11.5. The third-order valence-corrected chi connectivity index (χ3v) is 4.78. The zero-order valence-electron chi connectivity index (χ0n) is 11.1. The van der Waals surface area contributed by atoms with Crippen molar-refractivity contribution < 1.29 is 14.6 Å². The molecule has 0 aliphatic carbocycles. The van der Waals surface area contributed by atoms with Gasteiger partial charge in [-0.05, 0) is 61.7 Å². The fourth-order valence-electron chi connectivity index (χ4n) is 1.86. The molecule has 0 saturated carbocycles. The Hall–Kier alpha value is -1.53. The van der Waals surface area contributed by atoms with Crippen LogP contribution in [0.5, 0.6) is 5.75 Å². The molecule has 4 nitrogen and oxygen atoms in total. The van der Waals surface area contributed by atoms with Gasteiger partial charge in [-0.15, -0.1) is 0 Å². The summed E-state index contributed by atoms with van der Waals surface area (Å²) in [7, 11) is 1.57. The molecule has 21 heavy (non-hydrogen) atoms. The van der Waals surface area contributed by atoms with Gasteiger partial charge in [0, 0.05) is 20.7 Å². The van der Waals surface area contributed by atoms with Gasteiger partial charge in [0.05, 0.1) is 7.11 Å². The Morgan fingerprint density at radius 1 is 1.19 bits per heavy atom. The van der Waals surface area contributed by atoms with Gasteiger partial charge in [0.1, 0.15) is 5.75 Å². The largest absolute Gasteiger partial charge is 0.497 e. The number of aliphatic carboxylic acids is 1. The molecule has 2 rings (SSSR count). The van der Waals surface area contributed by atoms with E-state index in [1.165, 1.54) is 0 Å². The zero-order chi connectivity index (χ0) is 15.4. The minimum absolute atomic E-state index is 0.653. The topological polar surface area (TPSA) is 58.6 Å². The number of methoxy groups -OCH3 is 1. The number of carboxylic acids is 1. The molecule has 110 valence electrons. The molecule has 0 fully saturated rings. The van der Waals surface area contributed by atoms with Gasteiger partial charge < -0.3 is 15.2 Å². The maximum atomic E-state index is 11.5. The minimum Gasteiger partial charge on any atom is -0.497 e. The van der Waals surface area contributed by atoms with Crippen molar-refractivity contribution in [3.8, 4) is 5.75 Å². The Bertz CT molecular complexity index is 661. The van der Waals surface area contributed by atoms with Gasteiger partial charge in [-0.1, -0.05) is 12.1 Å². The van der Waals surface area contributed by atoms with E-state index in [1.54, 1.807) is 43.5 Å². The van der Waals surface area contributed by atoms with E-state index in [0.29, 0.717) is 17.0 Å². The minimum atomic E-state index is -0.952. The van der Waals surface area contributed by atoms with E-state index >= 15 is 0 Å². The number of hydrogen-bond donors (Lipinski definition) is 2. The monoisotopic (exact) mass is 413 g/mol. The molecule has 0 saturated heterocycles. The second kappa shape index (κ2) is 6.95. The van der Waals surface area contributed by atoms with Crippen LogP contribution in [0.4, 0.5) is 5.69 Å². The molecule has 0 spiro atoms. The van der Waals surface area contributed by atoms with Crippen LogP contribution in [0.15, 0.2) is 51.4 Å². The first kappa shape index (κ1) is 15.9. The predicted octanol–water partition coefficient (Wildman–Crippen LogP) is 4.46. The lowest BCUT2D eigenvalue weighted by Gasteiger charge is -2.17. The summed E-state index contributed by atoms with van der Waals surface area (Å²) >= 11 is 6.75. The Balaban J connectivity index is 2.30. The van der Waals surface area contributed by atoms with E-state index in [4.69, 9.17) is 4.74 Å². The number of carboxylic acid groups (broad SMARTS) is 1. The van der Waals surface area contributed by atoms with Crippen LogP contribution in [-0.2, 0) is 4.79 Å². The summed E-state index contributed by atoms with van der Waals surface area (Å²) < 4.78 is 6.81. The third kappa shape index (κ3) is 3.98. The molecule has 0 aromatic heterocycles. The van der Waals surface area contributed by atoms with Gasteiger partial charge in [0.25, 0.3) is 0 Å². The van der Waals surface area contributed by atoms with Crippen molar-refractivity contribution in [2.75, 3.05) is 12.4 Å². The van der Waals surface area contributed by atoms with Crippen molar-refractivity contribution in [1.29, 1.82) is 0 Å². The van der Waals surface area contributed by atoms with E-state index in [9.17, 15) is 9.90 Å². The van der Waals surface area contributed by atoms with E-state index in [2.05, 4.69) is 37.2 Å². The molecule has 2 N–H and O–H groups in total. The van der Waals surface area contributed by atoms with Crippen LogP contribution in [0, 0.1) is 0 Å². The number of benzene rings is 2. The molecule has 0 bridgehead atoms. The molecular weight excluding hydrogens is 402 g/mol. The first-order valence-corrected chi connectivity index (χ1v) is 7.68. The maximum Gasteiger partial charge on any atom is 0.330 e. The van der Waals surface area contributed by atoms with Crippen LogP contribution in [0.2, 0.25) is 0 Å². The third-order valence-electron chi connectivity index (χ3n) is 2.90. The predicted molar refractivity (Wildman–Crippen MR) is 88.8 cm³/mol. The molecule has 0 aliphatic heterocycles. The van der Waals surface area contributed by atoms with Crippen LogP contribution in [0.25, 0.3) is 0 Å². The van der Waals surface area contributed by atoms with Gasteiger partial charge in [-0.25, -0.2) is 4.79 Å². The van der Waals surface area contributed by atoms with Crippen LogP contribution in [0.3, 0.4) is 0 Å². The first-order valence-electron chi connectivity index (χ1n) is 6.09. The lowest BCUT2D eigenvalue weighted by atomic mass is 10.1. The molecule has 0 aliphatic rings. The number of ether oxygens (including phenoxy) is 1. The average molecular weight is 415 g/mol. The fourth-order valence-corrected chi connectivity index (χ4v) is 2.50. The molecular formula is C15H13Br2NO3. The zero-order valence-corrected chi connectivity index (χ0v) is 14.3. The van der Waals surface area contributed by atoms with E-state index in [-0.39, 0.29) is 0 Å². The van der Waals surface area contributed by atoms with Gasteiger partial charge in [-0.3, -0.25) is 0 Å². The maximum absolute atomic E-state index is 11.5. The van der Waals surface area contributed by atoms with Crippen molar-refractivity contribution in [2.24, 2.45) is 0 Å². The fraction of sp³-hybridized carbons (Fsp3) is 0.133. The van der Waals surface area contributed by atoms with Crippen LogP contribution >= 0.6 is 31.9 Å². The molecule has 1 unspecified atom stereocenters. The second-order valence-electron chi connectivity index (χ2n) is 4.32. The summed E-state index contributed by atoms with van der Waals surface area (Å²) in [6.45, 7) is 0. The molecule has 6 heteroatoms. The van der Waals surface area contributed by atoms with Crippen molar-refractivity contribution >= 4 is 43.5 Å². The molecule has 2 aromatic rings. The first-order chi connectivity index (χ1) is 10.0. The highest BCUT2D eigenvalue weighted by Crippen LogP contribution is 2.29. The Labute approximate surface area is 139 Å². The standard InChI is InChI=1S/C15H13Br2NO3/c1-21-11-4-2-3-10(8-11)18-14(15(19)20)9-5-6-12(16)13(17)7-9/h2-8,14,18H,1H3,(H,19,20). The van der Waals surface area contributed by atoms with Crippen LogP contribution in [-0.4, -0.2) is 18.2 Å². The summed E-state index contributed by atoms with van der Waals surface area (Å²) in [6.07, 6.45) is 0. The Morgan fingerprint density at radius 3 is 2.57 bits per heavy atom. The van der Waals surface area contributed by atoms with E-state index < -0.39 is 12.0 Å². The van der Waals surface area contributed by atoms with Crippen molar-refractivity contribution in [3.63, 3.8) is 0 Å². The number of carbonyl (C=O) groups is 1. The van der Waals surface area contributed by atoms with Gasteiger partial charge >= 0.3 is 5.97 Å². The van der Waals surface area contributed by atoms with Crippen molar-refractivity contribution in [1.82, 2.24) is 0 Å². The number of nitrogens with one attached hydrogen (secondary N) is 1. The Morgan fingerprint density at radius 2 is 1.95 bits per heavy atom. The number of anilines is 1. The second-order valence-corrected chi connectivity index (χ2v) is 6.03. The summed E-state index contributed by atoms with van der Waals surface area (Å²) in [5.41, 5.74) is 1.33. The van der Waals surface area contributed by atoms with Gasteiger partial charge in [0.2, 0.25) is 0 Å². The lowest BCUT2D eigenvalue weighted by molar-refractivity contribution is -0.138.